The number of amides is 1. The van der Waals surface area contributed by atoms with Gasteiger partial charge in [-0.25, -0.2) is 0 Å². The summed E-state index contributed by atoms with van der Waals surface area (Å²) in [6.45, 7) is 0.715. The van der Waals surface area contributed by atoms with Gasteiger partial charge in [-0.15, -0.1) is 12.6 Å². The highest BCUT2D eigenvalue weighted by Gasteiger charge is 2.08. The van der Waals surface area contributed by atoms with Crippen molar-refractivity contribution >= 4 is 18.5 Å². The summed E-state index contributed by atoms with van der Waals surface area (Å²) in [5.74, 6) is -0.0305. The summed E-state index contributed by atoms with van der Waals surface area (Å²) in [5.41, 5.74) is 2.14. The van der Waals surface area contributed by atoms with E-state index in [9.17, 15) is 4.79 Å². The molecule has 0 heterocycles. The van der Waals surface area contributed by atoms with Crippen molar-refractivity contribution in [2.24, 2.45) is 0 Å². The number of thiol groups is 1. The third-order valence-electron chi connectivity index (χ3n) is 3.27. The molecular formula is C15H19NOS. The Labute approximate surface area is 114 Å². The van der Waals surface area contributed by atoms with E-state index < -0.39 is 0 Å². The first-order valence-corrected chi connectivity index (χ1v) is 6.96. The third-order valence-corrected chi connectivity index (χ3v) is 3.66. The molecule has 1 aliphatic rings. The molecule has 18 heavy (non-hydrogen) atoms. The van der Waals surface area contributed by atoms with E-state index in [1.165, 1.54) is 31.3 Å². The van der Waals surface area contributed by atoms with Gasteiger partial charge < -0.3 is 5.32 Å². The molecule has 0 radical (unpaired) electrons. The fraction of sp³-hybridized carbons (Fsp3) is 0.400. The molecule has 96 valence electrons. The molecule has 0 spiro atoms. The monoisotopic (exact) mass is 261 g/mol. The number of benzene rings is 1. The van der Waals surface area contributed by atoms with Crippen LogP contribution < -0.4 is 5.32 Å². The lowest BCUT2D eigenvalue weighted by Crippen LogP contribution is -2.25. The molecule has 1 amide bonds. The minimum absolute atomic E-state index is 0.0305. The smallest absolute Gasteiger partial charge is 0.252 e. The minimum atomic E-state index is -0.0305. The number of carbonyl (C=O) groups excluding carboxylic acids is 1. The van der Waals surface area contributed by atoms with Crippen molar-refractivity contribution in [1.82, 2.24) is 5.32 Å². The van der Waals surface area contributed by atoms with E-state index in [-0.39, 0.29) is 5.91 Å². The highest BCUT2D eigenvalue weighted by molar-refractivity contribution is 7.80. The average Bonchev–Trinajstić information content (AvgIpc) is 2.40. The topological polar surface area (TPSA) is 29.1 Å². The highest BCUT2D eigenvalue weighted by atomic mass is 32.1. The summed E-state index contributed by atoms with van der Waals surface area (Å²) in [5, 5.41) is 2.96. The maximum Gasteiger partial charge on any atom is 0.252 e. The van der Waals surface area contributed by atoms with Gasteiger partial charge in [0.25, 0.3) is 5.91 Å². The molecule has 0 saturated carbocycles. The van der Waals surface area contributed by atoms with Gasteiger partial charge in [0.2, 0.25) is 0 Å². The van der Waals surface area contributed by atoms with Gasteiger partial charge in [-0.2, -0.15) is 0 Å². The molecule has 2 rings (SSSR count). The molecule has 0 saturated heterocycles. The van der Waals surface area contributed by atoms with Crippen molar-refractivity contribution in [2.75, 3.05) is 6.54 Å². The molecular weight excluding hydrogens is 242 g/mol. The second-order valence-corrected chi connectivity index (χ2v) is 5.11. The molecule has 0 fully saturated rings. The van der Waals surface area contributed by atoms with Crippen LogP contribution in [0.2, 0.25) is 0 Å². The van der Waals surface area contributed by atoms with Gasteiger partial charge in [0, 0.05) is 11.4 Å². The first-order chi connectivity index (χ1) is 8.77. The number of nitrogens with one attached hydrogen (secondary N) is 1. The Balaban J connectivity index is 1.82. The van der Waals surface area contributed by atoms with E-state index in [2.05, 4.69) is 24.0 Å². The van der Waals surface area contributed by atoms with Crippen LogP contribution in [0.3, 0.4) is 0 Å². The van der Waals surface area contributed by atoms with Crippen LogP contribution in [0.1, 0.15) is 42.5 Å². The standard InChI is InChI=1S/C15H19NOS/c17-15(13-8-4-5-9-14(13)18)16-11-10-12-6-2-1-3-7-12/h4-6,8-9,18H,1-3,7,10-11H2,(H,16,17). The summed E-state index contributed by atoms with van der Waals surface area (Å²) in [4.78, 5) is 12.7. The Bertz CT molecular complexity index is 454. The average molecular weight is 261 g/mol. The zero-order valence-corrected chi connectivity index (χ0v) is 11.4. The normalized spacial score (nSPS) is 15.1. The summed E-state index contributed by atoms with van der Waals surface area (Å²) < 4.78 is 0. The third kappa shape index (κ3) is 3.64. The lowest BCUT2D eigenvalue weighted by molar-refractivity contribution is 0.0951. The van der Waals surface area contributed by atoms with Crippen molar-refractivity contribution in [2.45, 2.75) is 37.0 Å². The lowest BCUT2D eigenvalue weighted by Gasteiger charge is -2.13. The van der Waals surface area contributed by atoms with Crippen molar-refractivity contribution in [3.05, 3.63) is 41.5 Å². The van der Waals surface area contributed by atoms with Crippen molar-refractivity contribution in [3.8, 4) is 0 Å². The Morgan fingerprint density at radius 3 is 2.83 bits per heavy atom. The van der Waals surface area contributed by atoms with E-state index in [4.69, 9.17) is 0 Å². The maximum absolute atomic E-state index is 11.9. The first-order valence-electron chi connectivity index (χ1n) is 6.51. The zero-order valence-electron chi connectivity index (χ0n) is 10.5. The van der Waals surface area contributed by atoms with Gasteiger partial charge in [-0.1, -0.05) is 23.8 Å². The Morgan fingerprint density at radius 2 is 2.11 bits per heavy atom. The van der Waals surface area contributed by atoms with E-state index >= 15 is 0 Å². The first kappa shape index (κ1) is 13.2. The van der Waals surface area contributed by atoms with E-state index in [1.807, 2.05) is 18.2 Å². The lowest BCUT2D eigenvalue weighted by atomic mass is 9.97. The number of allylic oxidation sites excluding steroid dienone is 1. The Morgan fingerprint density at radius 1 is 1.28 bits per heavy atom. The van der Waals surface area contributed by atoms with Crippen LogP contribution in [0.5, 0.6) is 0 Å². The molecule has 1 aromatic carbocycles. The SMILES string of the molecule is O=C(NCCC1=CCCCC1)c1ccccc1S. The van der Waals surface area contributed by atoms with E-state index in [0.29, 0.717) is 12.1 Å². The van der Waals surface area contributed by atoms with Gasteiger partial charge in [-0.05, 0) is 44.2 Å². The van der Waals surface area contributed by atoms with Crippen LogP contribution in [-0.4, -0.2) is 12.5 Å². The van der Waals surface area contributed by atoms with Crippen LogP contribution in [0, 0.1) is 0 Å². The van der Waals surface area contributed by atoms with Crippen LogP contribution >= 0.6 is 12.6 Å². The molecule has 1 aromatic rings. The second-order valence-electron chi connectivity index (χ2n) is 4.63. The van der Waals surface area contributed by atoms with Crippen molar-refractivity contribution < 1.29 is 4.79 Å². The molecule has 0 aromatic heterocycles. The predicted molar refractivity (Wildman–Crippen MR) is 77.2 cm³/mol. The Hall–Kier alpha value is -1.22. The van der Waals surface area contributed by atoms with Gasteiger partial charge in [0.15, 0.2) is 0 Å². The number of hydrogen-bond donors (Lipinski definition) is 2. The number of hydrogen-bond acceptors (Lipinski definition) is 2. The van der Waals surface area contributed by atoms with Crippen molar-refractivity contribution in [1.29, 1.82) is 0 Å². The molecule has 1 N–H and O–H groups in total. The summed E-state index contributed by atoms with van der Waals surface area (Å²) in [6.07, 6.45) is 8.28. The van der Waals surface area contributed by atoms with Gasteiger partial charge in [-0.3, -0.25) is 4.79 Å². The summed E-state index contributed by atoms with van der Waals surface area (Å²) in [6, 6.07) is 7.38. The van der Waals surface area contributed by atoms with Gasteiger partial charge in [0.1, 0.15) is 0 Å². The van der Waals surface area contributed by atoms with Gasteiger partial charge in [0.05, 0.1) is 5.56 Å². The summed E-state index contributed by atoms with van der Waals surface area (Å²) >= 11 is 4.29. The fourth-order valence-corrected chi connectivity index (χ4v) is 2.49. The fourth-order valence-electron chi connectivity index (χ4n) is 2.23. The molecule has 0 bridgehead atoms. The number of rotatable bonds is 4. The predicted octanol–water partition coefficient (Wildman–Crippen LogP) is 3.60. The Kier molecular flexibility index (Phi) is 4.88. The van der Waals surface area contributed by atoms with E-state index in [1.54, 1.807) is 6.07 Å². The highest BCUT2D eigenvalue weighted by Crippen LogP contribution is 2.19. The molecule has 0 atom stereocenters. The van der Waals surface area contributed by atoms with Gasteiger partial charge >= 0.3 is 0 Å². The molecule has 2 nitrogen and oxygen atoms in total. The van der Waals surface area contributed by atoms with E-state index in [0.717, 1.165) is 11.3 Å². The second kappa shape index (κ2) is 6.64. The molecule has 1 aliphatic carbocycles. The van der Waals surface area contributed by atoms with Crippen LogP contribution in [-0.2, 0) is 0 Å². The quantitative estimate of drug-likeness (QED) is 0.629. The largest absolute Gasteiger partial charge is 0.352 e. The van der Waals surface area contributed by atoms with Crippen molar-refractivity contribution in [3.63, 3.8) is 0 Å². The maximum atomic E-state index is 11.9. The minimum Gasteiger partial charge on any atom is -0.352 e. The van der Waals surface area contributed by atoms with Crippen LogP contribution in [0.4, 0.5) is 0 Å². The van der Waals surface area contributed by atoms with Crippen LogP contribution in [0.25, 0.3) is 0 Å². The van der Waals surface area contributed by atoms with Crippen LogP contribution in [0.15, 0.2) is 40.8 Å². The molecule has 3 heteroatoms. The molecule has 0 unspecified atom stereocenters. The number of carbonyl (C=O) groups is 1. The summed E-state index contributed by atoms with van der Waals surface area (Å²) in [7, 11) is 0. The molecule has 0 aliphatic heterocycles. The zero-order chi connectivity index (χ0) is 12.8.